The van der Waals surface area contributed by atoms with Crippen LogP contribution < -0.4 is 0 Å². The van der Waals surface area contributed by atoms with Crippen molar-refractivity contribution in [2.45, 2.75) is 57.4 Å². The molecule has 0 bridgehead atoms. The predicted octanol–water partition coefficient (Wildman–Crippen LogP) is 3.30. The van der Waals surface area contributed by atoms with Crippen LogP contribution >= 0.6 is 0 Å². The molecule has 0 radical (unpaired) electrons. The second-order valence-electron chi connectivity index (χ2n) is 8.31. The third-order valence-electron chi connectivity index (χ3n) is 6.63. The number of carbonyl (C=O) groups excluding carboxylic acids is 2. The number of amides is 1. The highest BCUT2D eigenvalue weighted by atomic mass is 16.5. The number of ether oxygens (including phenoxy) is 1. The monoisotopic (exact) mass is 341 g/mol. The molecule has 4 heteroatoms. The molecule has 0 aromatic heterocycles. The average Bonchev–Trinajstić information content (AvgIpc) is 2.94. The van der Waals surface area contributed by atoms with Gasteiger partial charge in [0.05, 0.1) is 13.0 Å². The molecule has 134 valence electrons. The van der Waals surface area contributed by atoms with Gasteiger partial charge in [-0.05, 0) is 49.1 Å². The zero-order chi connectivity index (χ0) is 17.6. The topological polar surface area (TPSA) is 46.6 Å². The molecule has 1 amide bonds. The largest absolute Gasteiger partial charge is 0.465 e. The average molecular weight is 341 g/mol. The lowest BCUT2D eigenvalue weighted by molar-refractivity contribution is -0.146. The second-order valence-corrected chi connectivity index (χ2v) is 8.31. The zero-order valence-electron chi connectivity index (χ0n) is 15.2. The maximum atomic E-state index is 12.7. The van der Waals surface area contributed by atoms with Crippen LogP contribution in [-0.2, 0) is 20.7 Å². The van der Waals surface area contributed by atoms with Crippen molar-refractivity contribution in [1.29, 1.82) is 0 Å². The summed E-state index contributed by atoms with van der Waals surface area (Å²) in [5.41, 5.74) is 2.75. The molecule has 1 heterocycles. The van der Waals surface area contributed by atoms with Crippen LogP contribution in [0.15, 0.2) is 24.3 Å². The lowest BCUT2D eigenvalue weighted by Gasteiger charge is -2.47. The normalized spacial score (nSPS) is 33.5. The molecule has 0 atom stereocenters. The number of benzene rings is 1. The van der Waals surface area contributed by atoms with E-state index in [2.05, 4.69) is 31.2 Å². The molecular weight excluding hydrogens is 314 g/mol. The minimum absolute atomic E-state index is 0.0264. The van der Waals surface area contributed by atoms with Crippen LogP contribution in [0.5, 0.6) is 0 Å². The van der Waals surface area contributed by atoms with Crippen molar-refractivity contribution in [3.8, 4) is 0 Å². The highest BCUT2D eigenvalue weighted by molar-refractivity contribution is 5.81. The molecule has 4 rings (SSSR count). The summed E-state index contributed by atoms with van der Waals surface area (Å²) in [6.07, 6.45) is 5.33. The Bertz CT molecular complexity index is 669. The van der Waals surface area contributed by atoms with Gasteiger partial charge in [-0.2, -0.15) is 0 Å². The minimum Gasteiger partial charge on any atom is -0.465 e. The Morgan fingerprint density at radius 1 is 1.24 bits per heavy atom. The number of nitrogens with zero attached hydrogens (tertiary/aromatic N) is 1. The van der Waals surface area contributed by atoms with E-state index in [0.717, 1.165) is 32.1 Å². The van der Waals surface area contributed by atoms with Gasteiger partial charge in [-0.3, -0.25) is 9.59 Å². The van der Waals surface area contributed by atoms with E-state index in [9.17, 15) is 9.59 Å². The van der Waals surface area contributed by atoms with E-state index < -0.39 is 0 Å². The van der Waals surface area contributed by atoms with E-state index in [1.165, 1.54) is 11.1 Å². The van der Waals surface area contributed by atoms with Gasteiger partial charge in [-0.25, -0.2) is 0 Å². The van der Waals surface area contributed by atoms with Gasteiger partial charge in [0, 0.05) is 24.4 Å². The van der Waals surface area contributed by atoms with E-state index in [0.29, 0.717) is 25.0 Å². The summed E-state index contributed by atoms with van der Waals surface area (Å²) in [6.45, 7) is 2.69. The summed E-state index contributed by atoms with van der Waals surface area (Å²) in [5, 5.41) is 0. The summed E-state index contributed by atoms with van der Waals surface area (Å²) in [4.78, 5) is 26.0. The van der Waals surface area contributed by atoms with Crippen molar-refractivity contribution in [1.82, 2.24) is 4.90 Å². The minimum atomic E-state index is -0.102. The van der Waals surface area contributed by atoms with Gasteiger partial charge >= 0.3 is 5.97 Å². The van der Waals surface area contributed by atoms with Crippen molar-refractivity contribution < 1.29 is 14.3 Å². The number of hydrogen-bond donors (Lipinski definition) is 0. The number of esters is 1. The van der Waals surface area contributed by atoms with Gasteiger partial charge in [0.15, 0.2) is 0 Å². The molecule has 1 spiro atoms. The van der Waals surface area contributed by atoms with Crippen molar-refractivity contribution in [2.24, 2.45) is 11.3 Å². The molecule has 2 aliphatic carbocycles. The molecule has 25 heavy (non-hydrogen) atoms. The Morgan fingerprint density at radius 2 is 1.92 bits per heavy atom. The maximum Gasteiger partial charge on any atom is 0.306 e. The Kier molecular flexibility index (Phi) is 4.09. The summed E-state index contributed by atoms with van der Waals surface area (Å²) in [5.74, 6) is 0.826. The number of cyclic esters (lactones) is 1. The van der Waals surface area contributed by atoms with Crippen LogP contribution in [0.4, 0.5) is 0 Å². The smallest absolute Gasteiger partial charge is 0.306 e. The maximum absolute atomic E-state index is 12.7. The van der Waals surface area contributed by atoms with Gasteiger partial charge < -0.3 is 9.64 Å². The van der Waals surface area contributed by atoms with Crippen LogP contribution in [0.25, 0.3) is 0 Å². The standard InChI is InChI=1S/C21H27NO3/c1-3-14-4-6-15(7-5-14)16-8-18(9-16)22(2)20(24)17-10-21(11-17)12-19(23)25-13-21/h4-7,16-18H,3,8-13H2,1-2H3. The van der Waals surface area contributed by atoms with Gasteiger partial charge in [-0.1, -0.05) is 31.2 Å². The predicted molar refractivity (Wildman–Crippen MR) is 95.1 cm³/mol. The first-order valence-electron chi connectivity index (χ1n) is 9.51. The van der Waals surface area contributed by atoms with Gasteiger partial charge in [0.1, 0.15) is 0 Å². The first-order chi connectivity index (χ1) is 12.0. The van der Waals surface area contributed by atoms with Crippen molar-refractivity contribution in [2.75, 3.05) is 13.7 Å². The van der Waals surface area contributed by atoms with Gasteiger partial charge in [-0.15, -0.1) is 0 Å². The molecule has 1 aromatic rings. The molecule has 3 fully saturated rings. The van der Waals surface area contributed by atoms with Crippen molar-refractivity contribution >= 4 is 11.9 Å². The highest BCUT2D eigenvalue weighted by Crippen LogP contribution is 2.52. The van der Waals surface area contributed by atoms with Gasteiger partial charge in [0.2, 0.25) is 5.91 Å². The van der Waals surface area contributed by atoms with E-state index in [-0.39, 0.29) is 23.2 Å². The third kappa shape index (κ3) is 2.96. The molecule has 1 aromatic carbocycles. The van der Waals surface area contributed by atoms with Crippen LogP contribution in [0.2, 0.25) is 0 Å². The van der Waals surface area contributed by atoms with E-state index in [1.807, 2.05) is 11.9 Å². The van der Waals surface area contributed by atoms with E-state index in [1.54, 1.807) is 0 Å². The zero-order valence-corrected chi connectivity index (χ0v) is 15.2. The fraction of sp³-hybridized carbons (Fsp3) is 0.619. The molecule has 2 saturated carbocycles. The van der Waals surface area contributed by atoms with Crippen LogP contribution in [0.1, 0.15) is 56.1 Å². The fourth-order valence-corrected chi connectivity index (χ4v) is 4.73. The SMILES string of the molecule is CCc1ccc(C2CC(N(C)C(=O)C3CC4(COC(=O)C4)C3)C2)cc1. The first kappa shape index (κ1) is 16.6. The summed E-state index contributed by atoms with van der Waals surface area (Å²) < 4.78 is 5.09. The third-order valence-corrected chi connectivity index (χ3v) is 6.63. The Hall–Kier alpha value is -1.84. The van der Waals surface area contributed by atoms with Crippen LogP contribution in [0.3, 0.4) is 0 Å². The number of hydrogen-bond acceptors (Lipinski definition) is 3. The quantitative estimate of drug-likeness (QED) is 0.790. The van der Waals surface area contributed by atoms with E-state index in [4.69, 9.17) is 4.74 Å². The summed E-state index contributed by atoms with van der Waals surface area (Å²) in [6, 6.07) is 9.29. The molecule has 1 aliphatic heterocycles. The molecule has 4 nitrogen and oxygen atoms in total. The van der Waals surface area contributed by atoms with Crippen molar-refractivity contribution in [3.05, 3.63) is 35.4 Å². The summed E-state index contributed by atoms with van der Waals surface area (Å²) >= 11 is 0. The molecule has 3 aliphatic rings. The molecular formula is C21H27NO3. The number of carbonyl (C=O) groups is 2. The fourth-order valence-electron chi connectivity index (χ4n) is 4.73. The molecule has 1 saturated heterocycles. The number of rotatable bonds is 4. The summed E-state index contributed by atoms with van der Waals surface area (Å²) in [7, 11) is 1.95. The molecule has 0 N–H and O–H groups in total. The van der Waals surface area contributed by atoms with Gasteiger partial charge in [0.25, 0.3) is 0 Å². The molecule has 0 unspecified atom stereocenters. The first-order valence-corrected chi connectivity index (χ1v) is 9.51. The number of aryl methyl sites for hydroxylation is 1. The Labute approximate surface area is 149 Å². The van der Waals surface area contributed by atoms with Crippen LogP contribution in [0, 0.1) is 11.3 Å². The lowest BCUT2D eigenvalue weighted by Crippen LogP contribution is -2.51. The van der Waals surface area contributed by atoms with Crippen LogP contribution in [-0.4, -0.2) is 36.5 Å². The van der Waals surface area contributed by atoms with E-state index >= 15 is 0 Å². The lowest BCUT2D eigenvalue weighted by atomic mass is 9.61. The van der Waals surface area contributed by atoms with Crippen molar-refractivity contribution in [3.63, 3.8) is 0 Å². The highest BCUT2D eigenvalue weighted by Gasteiger charge is 2.53. The Balaban J connectivity index is 1.27. The second kappa shape index (κ2) is 6.15. The Morgan fingerprint density at radius 3 is 2.48 bits per heavy atom.